The Bertz CT molecular complexity index is 2820. The quantitative estimate of drug-likeness (QED) is 0.116. The summed E-state index contributed by atoms with van der Waals surface area (Å²) in [5, 5.41) is 0. The van der Waals surface area contributed by atoms with E-state index in [4.69, 9.17) is 37.9 Å². The third-order valence-electron chi connectivity index (χ3n) is 15.2. The average molecular weight is 957 g/mol. The summed E-state index contributed by atoms with van der Waals surface area (Å²) in [5.41, 5.74) is 15.8. The van der Waals surface area contributed by atoms with Crippen LogP contribution in [0.15, 0.2) is 122 Å². The van der Waals surface area contributed by atoms with E-state index < -0.39 is 0 Å². The number of nitrogens with zero attached hydrogens (tertiary/aromatic N) is 4. The van der Waals surface area contributed by atoms with Crippen molar-refractivity contribution < 1.29 is 37.9 Å². The van der Waals surface area contributed by atoms with Crippen molar-refractivity contribution >= 4 is 0 Å². The van der Waals surface area contributed by atoms with E-state index in [1.165, 1.54) is 0 Å². The van der Waals surface area contributed by atoms with Crippen LogP contribution < -0.4 is 37.9 Å². The standard InChI is InChI=1S/C60H52N4O8/c1-33-41-17-46-35(3)43-19-48-36(4)44-20-47-34(2)42-18-45(33)53-58(66-26-38-10-6-14-62-22-38)50(42)30-71-55(47)60(68-28-40-12-8-16-64-24-40)52(44)32-72-56(48)59(67-27-39-11-7-15-63-23-39)51(43)31-70-54(46)57(49(41)29-69-53)65-25-37-9-5-13-61-21-37/h5-24,33-36H,25-32H2,1-4H3. The van der Waals surface area contributed by atoms with Crippen LogP contribution in [-0.4, -0.2) is 19.9 Å². The molecular formula is C60H52N4O8. The summed E-state index contributed by atoms with van der Waals surface area (Å²) >= 11 is 0. The molecule has 1 aliphatic carbocycles. The molecule has 13 rings (SSSR count). The van der Waals surface area contributed by atoms with Gasteiger partial charge < -0.3 is 37.9 Å². The van der Waals surface area contributed by atoms with Gasteiger partial charge in [0.25, 0.3) is 0 Å². The van der Waals surface area contributed by atoms with Crippen LogP contribution in [-0.2, 0) is 52.9 Å². The smallest absolute Gasteiger partial charge is 0.168 e. The van der Waals surface area contributed by atoms with Gasteiger partial charge in [-0.2, -0.15) is 0 Å². The Morgan fingerprint density at radius 3 is 0.806 bits per heavy atom. The van der Waals surface area contributed by atoms with Crippen LogP contribution in [0.5, 0.6) is 46.0 Å². The van der Waals surface area contributed by atoms with Gasteiger partial charge in [0.05, 0.1) is 0 Å². The molecule has 0 saturated carbocycles. The maximum atomic E-state index is 7.16. The fourth-order valence-electron chi connectivity index (χ4n) is 11.3. The van der Waals surface area contributed by atoms with Gasteiger partial charge in [0, 0.05) is 140 Å². The molecule has 0 spiro atoms. The largest absolute Gasteiger partial charge is 0.485 e. The van der Waals surface area contributed by atoms with E-state index in [9.17, 15) is 0 Å². The highest BCUT2D eigenvalue weighted by Gasteiger charge is 2.41. The SMILES string of the molecule is CC1c2cc3c4c(OCc5cccnc5)c2COc2c1cc1c(c2OCc2cccnc2)COc2c(cc5c(c2OCc2cccnc2)COc2c(cc(c(c2OCc2cccnc2)CO4)C3C)C5C)C1C. The van der Waals surface area contributed by atoms with E-state index in [1.54, 1.807) is 24.8 Å². The summed E-state index contributed by atoms with van der Waals surface area (Å²) in [6.45, 7) is 11.0. The van der Waals surface area contributed by atoms with Crippen molar-refractivity contribution in [2.45, 2.75) is 104 Å². The van der Waals surface area contributed by atoms with Crippen molar-refractivity contribution in [3.63, 3.8) is 0 Å². The lowest BCUT2D eigenvalue weighted by atomic mass is 9.78. The normalized spacial score (nSPS) is 18.2. The molecule has 0 saturated heterocycles. The van der Waals surface area contributed by atoms with Gasteiger partial charge in [-0.25, -0.2) is 0 Å². The topological polar surface area (TPSA) is 125 Å². The molecule has 0 N–H and O–H groups in total. The van der Waals surface area contributed by atoms with Crippen LogP contribution >= 0.6 is 0 Å². The lowest BCUT2D eigenvalue weighted by molar-refractivity contribution is 0.219. The molecular weight excluding hydrogens is 905 g/mol. The minimum atomic E-state index is -0.170. The van der Waals surface area contributed by atoms with Crippen molar-refractivity contribution in [3.8, 4) is 46.0 Å². The number of aromatic nitrogens is 4. The predicted molar refractivity (Wildman–Crippen MR) is 267 cm³/mol. The first-order chi connectivity index (χ1) is 35.4. The summed E-state index contributed by atoms with van der Waals surface area (Å²) in [4.78, 5) is 17.6. The van der Waals surface area contributed by atoms with Gasteiger partial charge in [0.1, 0.15) is 52.9 Å². The molecule has 4 unspecified atom stereocenters. The highest BCUT2D eigenvalue weighted by molar-refractivity contribution is 5.71. The van der Waals surface area contributed by atoms with Gasteiger partial charge in [-0.05, 0) is 46.5 Å². The average Bonchev–Trinajstić information content (AvgIpc) is 3.79. The summed E-state index contributed by atoms with van der Waals surface area (Å²) in [5.74, 6) is 4.62. The lowest BCUT2D eigenvalue weighted by Gasteiger charge is -2.26. The number of hydrogen-bond acceptors (Lipinski definition) is 12. The Labute approximate surface area is 417 Å². The molecule has 0 fully saturated rings. The molecule has 5 aliphatic rings. The Morgan fingerprint density at radius 1 is 0.361 bits per heavy atom. The third kappa shape index (κ3) is 7.41. The maximum Gasteiger partial charge on any atom is 0.168 e. The molecule has 4 aliphatic heterocycles. The van der Waals surface area contributed by atoms with E-state index in [2.05, 4.69) is 71.9 Å². The minimum Gasteiger partial charge on any atom is -0.485 e. The first-order valence-electron chi connectivity index (χ1n) is 24.7. The molecule has 0 amide bonds. The zero-order valence-electron chi connectivity index (χ0n) is 40.6. The number of benzene rings is 4. The van der Waals surface area contributed by atoms with Crippen LogP contribution in [0.25, 0.3) is 0 Å². The molecule has 0 radical (unpaired) electrons. The van der Waals surface area contributed by atoms with Crippen molar-refractivity contribution in [1.29, 1.82) is 0 Å². The van der Waals surface area contributed by atoms with Crippen molar-refractivity contribution in [2.24, 2.45) is 0 Å². The zero-order chi connectivity index (χ0) is 48.5. The number of rotatable bonds is 12. The highest BCUT2D eigenvalue weighted by Crippen LogP contribution is 2.59. The van der Waals surface area contributed by atoms with Crippen LogP contribution in [0, 0.1) is 0 Å². The Balaban J connectivity index is 1.08. The molecule has 4 aromatic carbocycles. The zero-order valence-corrected chi connectivity index (χ0v) is 40.6. The van der Waals surface area contributed by atoms with E-state index in [-0.39, 0.29) is 76.5 Å². The van der Waals surface area contributed by atoms with Crippen LogP contribution in [0.3, 0.4) is 0 Å². The molecule has 12 heteroatoms. The predicted octanol–water partition coefficient (Wildman–Crippen LogP) is 12.1. The molecule has 12 nitrogen and oxygen atoms in total. The van der Waals surface area contributed by atoms with Gasteiger partial charge in [-0.15, -0.1) is 0 Å². The summed E-state index contributed by atoms with van der Waals surface area (Å²) < 4.78 is 56.8. The van der Waals surface area contributed by atoms with Gasteiger partial charge >= 0.3 is 0 Å². The van der Waals surface area contributed by atoms with Crippen LogP contribution in [0.2, 0.25) is 0 Å². The molecule has 4 aromatic heterocycles. The Hall–Kier alpha value is -8.12. The van der Waals surface area contributed by atoms with Crippen molar-refractivity contribution in [3.05, 3.63) is 211 Å². The molecule has 8 aromatic rings. The van der Waals surface area contributed by atoms with Crippen molar-refractivity contribution in [2.75, 3.05) is 0 Å². The number of ether oxygens (including phenoxy) is 8. The highest BCUT2D eigenvalue weighted by atomic mass is 16.5. The van der Waals surface area contributed by atoms with Gasteiger partial charge in [-0.1, -0.05) is 76.2 Å². The summed E-state index contributed by atoms with van der Waals surface area (Å²) in [7, 11) is 0. The first-order valence-corrected chi connectivity index (χ1v) is 24.7. The first kappa shape index (κ1) is 43.9. The molecule has 72 heavy (non-hydrogen) atoms. The second kappa shape index (κ2) is 17.9. The van der Waals surface area contributed by atoms with E-state index >= 15 is 0 Å². The fraction of sp³-hybridized carbons (Fsp3) is 0.267. The van der Waals surface area contributed by atoms with Gasteiger partial charge in [0.2, 0.25) is 0 Å². The monoisotopic (exact) mass is 956 g/mol. The molecule has 4 atom stereocenters. The minimum absolute atomic E-state index is 0.170. The molecule has 8 heterocycles. The van der Waals surface area contributed by atoms with Gasteiger partial charge in [-0.3, -0.25) is 19.9 Å². The number of hydrogen-bond donors (Lipinski definition) is 0. The van der Waals surface area contributed by atoms with Crippen LogP contribution in [0.1, 0.15) is 140 Å². The van der Waals surface area contributed by atoms with Gasteiger partial charge in [0.15, 0.2) is 46.0 Å². The molecule has 360 valence electrons. The fourth-order valence-corrected chi connectivity index (χ4v) is 11.3. The molecule has 8 bridgehead atoms. The van der Waals surface area contributed by atoms with Crippen LogP contribution in [0.4, 0.5) is 0 Å². The maximum absolute atomic E-state index is 7.16. The van der Waals surface area contributed by atoms with E-state index in [0.29, 0.717) is 46.0 Å². The lowest BCUT2D eigenvalue weighted by Crippen LogP contribution is -2.11. The Kier molecular flexibility index (Phi) is 10.9. The van der Waals surface area contributed by atoms with Crippen molar-refractivity contribution in [1.82, 2.24) is 19.9 Å². The third-order valence-corrected chi connectivity index (χ3v) is 15.2. The summed E-state index contributed by atoms with van der Waals surface area (Å²) in [6.07, 6.45) is 14.4. The second-order valence-corrected chi connectivity index (χ2v) is 19.4. The number of pyridine rings is 4. The Morgan fingerprint density at radius 2 is 0.597 bits per heavy atom. The van der Waals surface area contributed by atoms with E-state index in [0.717, 1.165) is 89.0 Å². The second-order valence-electron chi connectivity index (χ2n) is 19.4. The summed E-state index contributed by atoms with van der Waals surface area (Å²) in [6, 6.07) is 25.1. The van der Waals surface area contributed by atoms with E-state index in [1.807, 2.05) is 73.3 Å².